The van der Waals surface area contributed by atoms with Gasteiger partial charge in [0.25, 0.3) is 0 Å². The Hall–Kier alpha value is 0.140. The van der Waals surface area contributed by atoms with Gasteiger partial charge in [-0.25, -0.2) is 3.11 Å². The van der Waals surface area contributed by atoms with Gasteiger partial charge in [-0.1, -0.05) is 0 Å². The highest BCUT2D eigenvalue weighted by Gasteiger charge is 2.35. The SMILES string of the molecule is IN1CCN2NN3CSNC3=C2C1. The molecule has 2 saturated heterocycles. The van der Waals surface area contributed by atoms with E-state index in [0.717, 1.165) is 25.5 Å². The molecule has 3 rings (SSSR count). The van der Waals surface area contributed by atoms with Crippen LogP contribution in [0.4, 0.5) is 0 Å². The van der Waals surface area contributed by atoms with Crippen LogP contribution in [-0.2, 0) is 0 Å². The normalized spacial score (nSPS) is 27.8. The maximum Gasteiger partial charge on any atom is 0.151 e. The number of piperazine rings is 1. The first-order chi connectivity index (χ1) is 6.34. The first-order valence-electron chi connectivity index (χ1n) is 4.17. The van der Waals surface area contributed by atoms with Gasteiger partial charge in [-0.2, -0.15) is 0 Å². The van der Waals surface area contributed by atoms with E-state index < -0.39 is 0 Å². The Balaban J connectivity index is 1.91. The summed E-state index contributed by atoms with van der Waals surface area (Å²) >= 11 is 4.11. The average molecular weight is 311 g/mol. The van der Waals surface area contributed by atoms with Gasteiger partial charge in [-0.15, -0.1) is 5.53 Å². The lowest BCUT2D eigenvalue weighted by atomic mass is 10.3. The molecule has 3 heterocycles. The largest absolute Gasteiger partial charge is 0.312 e. The zero-order valence-corrected chi connectivity index (χ0v) is 9.93. The van der Waals surface area contributed by atoms with E-state index in [9.17, 15) is 0 Å². The maximum absolute atomic E-state index is 3.35. The first kappa shape index (κ1) is 8.45. The second-order valence-electron chi connectivity index (χ2n) is 3.19. The highest BCUT2D eigenvalue weighted by molar-refractivity contribution is 14.1. The second kappa shape index (κ2) is 3.07. The predicted octanol–water partition coefficient (Wildman–Crippen LogP) is 0.0672. The Morgan fingerprint density at radius 3 is 3.15 bits per heavy atom. The third-order valence-corrected chi connectivity index (χ3v) is 3.91. The molecular formula is C6H10IN5S. The number of nitrogens with zero attached hydrogens (tertiary/aromatic N) is 3. The molecule has 0 amide bonds. The lowest BCUT2D eigenvalue weighted by molar-refractivity contribution is 0.121. The van der Waals surface area contributed by atoms with Gasteiger partial charge in [0, 0.05) is 36.0 Å². The molecule has 72 valence electrons. The molecule has 0 aromatic heterocycles. The molecule has 2 N–H and O–H groups in total. The Morgan fingerprint density at radius 2 is 2.23 bits per heavy atom. The van der Waals surface area contributed by atoms with Crippen LogP contribution >= 0.6 is 34.8 Å². The first-order valence-corrected chi connectivity index (χ1v) is 6.13. The van der Waals surface area contributed by atoms with Gasteiger partial charge in [-0.05, 0) is 11.9 Å². The van der Waals surface area contributed by atoms with Crippen LogP contribution in [0, 0.1) is 0 Å². The summed E-state index contributed by atoms with van der Waals surface area (Å²) in [5, 5.41) is 4.40. The number of rotatable bonds is 0. The summed E-state index contributed by atoms with van der Waals surface area (Å²) in [7, 11) is 0. The fraction of sp³-hybridized carbons (Fsp3) is 0.667. The van der Waals surface area contributed by atoms with Crippen LogP contribution in [0.25, 0.3) is 0 Å². The quantitative estimate of drug-likeness (QED) is 0.374. The number of hydrogen-bond donors (Lipinski definition) is 2. The minimum absolute atomic E-state index is 0.983. The van der Waals surface area contributed by atoms with Crippen LogP contribution in [0.2, 0.25) is 0 Å². The Bertz CT molecular complexity index is 270. The molecule has 5 nitrogen and oxygen atoms in total. The molecule has 0 aromatic carbocycles. The number of fused-ring (bicyclic) bond motifs is 2. The van der Waals surface area contributed by atoms with Crippen LogP contribution in [0.1, 0.15) is 0 Å². The minimum Gasteiger partial charge on any atom is -0.312 e. The topological polar surface area (TPSA) is 33.8 Å². The van der Waals surface area contributed by atoms with Crippen LogP contribution in [0.3, 0.4) is 0 Å². The van der Waals surface area contributed by atoms with Crippen molar-refractivity contribution >= 4 is 34.8 Å². The summed E-state index contributed by atoms with van der Waals surface area (Å²) in [4.78, 5) is 0. The van der Waals surface area contributed by atoms with Crippen molar-refractivity contribution in [3.63, 3.8) is 0 Å². The Morgan fingerprint density at radius 1 is 1.31 bits per heavy atom. The number of nitrogens with one attached hydrogen (secondary N) is 2. The third kappa shape index (κ3) is 1.29. The highest BCUT2D eigenvalue weighted by atomic mass is 127. The van der Waals surface area contributed by atoms with Gasteiger partial charge < -0.3 is 4.72 Å². The van der Waals surface area contributed by atoms with Gasteiger partial charge in [-0.3, -0.25) is 10.0 Å². The van der Waals surface area contributed by atoms with Crippen LogP contribution < -0.4 is 10.3 Å². The molecule has 0 aromatic rings. The molecule has 0 spiro atoms. The van der Waals surface area contributed by atoms with E-state index in [1.807, 2.05) is 0 Å². The summed E-state index contributed by atoms with van der Waals surface area (Å²) in [6, 6.07) is 0. The van der Waals surface area contributed by atoms with E-state index >= 15 is 0 Å². The van der Waals surface area contributed by atoms with Crippen molar-refractivity contribution in [3.05, 3.63) is 11.5 Å². The number of halogens is 1. The summed E-state index contributed by atoms with van der Waals surface area (Å²) in [6.07, 6.45) is 0. The molecule has 0 atom stereocenters. The standard InChI is InChI=1S/C6H10IN5S/c7-10-1-2-11-5(3-10)6-8-13-4-12(6)9-11/h8-9H,1-4H2. The molecule has 0 bridgehead atoms. The zero-order valence-electron chi connectivity index (χ0n) is 6.96. The summed E-state index contributed by atoms with van der Waals surface area (Å²) in [5.41, 5.74) is 4.72. The molecule has 3 aliphatic rings. The molecule has 2 fully saturated rings. The lowest BCUT2D eigenvalue weighted by Gasteiger charge is -2.31. The molecule has 0 aliphatic carbocycles. The lowest BCUT2D eigenvalue weighted by Crippen LogP contribution is -2.47. The van der Waals surface area contributed by atoms with E-state index in [1.54, 1.807) is 11.9 Å². The van der Waals surface area contributed by atoms with Gasteiger partial charge in [0.15, 0.2) is 5.82 Å². The number of hydrogen-bond acceptors (Lipinski definition) is 6. The van der Waals surface area contributed by atoms with Crippen molar-refractivity contribution in [2.75, 3.05) is 25.5 Å². The molecular weight excluding hydrogens is 301 g/mol. The van der Waals surface area contributed by atoms with Crippen molar-refractivity contribution in [2.45, 2.75) is 0 Å². The molecule has 0 unspecified atom stereocenters. The van der Waals surface area contributed by atoms with Crippen molar-refractivity contribution in [1.82, 2.24) is 23.4 Å². The van der Waals surface area contributed by atoms with Gasteiger partial charge >= 0.3 is 0 Å². The van der Waals surface area contributed by atoms with Crippen molar-refractivity contribution in [1.29, 1.82) is 0 Å². The monoisotopic (exact) mass is 311 g/mol. The van der Waals surface area contributed by atoms with Crippen molar-refractivity contribution in [2.24, 2.45) is 0 Å². The maximum atomic E-state index is 3.35. The molecule has 7 heteroatoms. The summed E-state index contributed by atoms with van der Waals surface area (Å²) in [5.74, 6) is 2.22. The summed E-state index contributed by atoms with van der Waals surface area (Å²) < 4.78 is 5.64. The van der Waals surface area contributed by atoms with Crippen molar-refractivity contribution in [3.8, 4) is 0 Å². The third-order valence-electron chi connectivity index (χ3n) is 2.36. The predicted molar refractivity (Wildman–Crippen MR) is 59.9 cm³/mol. The van der Waals surface area contributed by atoms with E-state index in [4.69, 9.17) is 0 Å². The second-order valence-corrected chi connectivity index (χ2v) is 5.31. The van der Waals surface area contributed by atoms with Gasteiger partial charge in [0.1, 0.15) is 5.88 Å². The average Bonchev–Trinajstić information content (AvgIpc) is 2.64. The number of hydrazine groups is 2. The van der Waals surface area contributed by atoms with E-state index in [2.05, 4.69) is 46.3 Å². The van der Waals surface area contributed by atoms with Crippen LogP contribution in [0.5, 0.6) is 0 Å². The van der Waals surface area contributed by atoms with Gasteiger partial charge in [0.05, 0.1) is 12.2 Å². The fourth-order valence-corrected chi connectivity index (χ4v) is 2.99. The van der Waals surface area contributed by atoms with E-state index in [0.29, 0.717) is 0 Å². The van der Waals surface area contributed by atoms with Gasteiger partial charge in [0.2, 0.25) is 0 Å². The van der Waals surface area contributed by atoms with E-state index in [1.165, 1.54) is 11.5 Å². The molecule has 13 heavy (non-hydrogen) atoms. The van der Waals surface area contributed by atoms with Crippen LogP contribution in [0.15, 0.2) is 11.5 Å². The smallest absolute Gasteiger partial charge is 0.151 e. The molecule has 0 radical (unpaired) electrons. The Labute approximate surface area is 95.1 Å². The molecule has 3 aliphatic heterocycles. The minimum atomic E-state index is 0.983. The summed E-state index contributed by atoms with van der Waals surface area (Å²) in [6.45, 7) is 3.20. The Kier molecular flexibility index (Phi) is 2.00. The van der Waals surface area contributed by atoms with Crippen LogP contribution in [-0.4, -0.2) is 38.6 Å². The van der Waals surface area contributed by atoms with Crippen molar-refractivity contribution < 1.29 is 0 Å². The highest BCUT2D eigenvalue weighted by Crippen LogP contribution is 2.29. The fourth-order valence-electron chi connectivity index (χ4n) is 1.71. The zero-order chi connectivity index (χ0) is 8.84. The van der Waals surface area contributed by atoms with E-state index in [-0.39, 0.29) is 0 Å². The molecule has 0 saturated carbocycles.